The van der Waals surface area contributed by atoms with E-state index >= 15 is 0 Å². The number of rotatable bonds is 4. The molecule has 17 heavy (non-hydrogen) atoms. The number of aryl methyl sites for hydroxylation is 1. The van der Waals surface area contributed by atoms with Gasteiger partial charge in [0, 0.05) is 20.0 Å². The Kier molecular flexibility index (Phi) is 4.74. The van der Waals surface area contributed by atoms with E-state index in [9.17, 15) is 4.79 Å². The zero-order chi connectivity index (χ0) is 12.8. The topological polar surface area (TPSA) is 46.3 Å². The number of nitrogens with two attached hydrogens (primary N) is 1. The summed E-state index contributed by atoms with van der Waals surface area (Å²) >= 11 is 0. The molecular formula is C14H18N2O. The van der Waals surface area contributed by atoms with Crippen molar-refractivity contribution in [1.82, 2.24) is 4.90 Å². The molecule has 3 nitrogen and oxygen atoms in total. The average molecular weight is 230 g/mol. The third-order valence-electron chi connectivity index (χ3n) is 2.70. The van der Waals surface area contributed by atoms with Crippen molar-refractivity contribution in [1.29, 1.82) is 0 Å². The predicted molar refractivity (Wildman–Crippen MR) is 69.1 cm³/mol. The zero-order valence-electron chi connectivity index (χ0n) is 10.3. The van der Waals surface area contributed by atoms with Crippen molar-refractivity contribution in [3.05, 3.63) is 35.4 Å². The van der Waals surface area contributed by atoms with Crippen molar-refractivity contribution in [3.63, 3.8) is 0 Å². The summed E-state index contributed by atoms with van der Waals surface area (Å²) in [5.41, 5.74) is 7.97. The second-order valence-electron chi connectivity index (χ2n) is 4.14. The molecule has 1 unspecified atom stereocenters. The van der Waals surface area contributed by atoms with Crippen LogP contribution in [0, 0.1) is 19.3 Å². The lowest BCUT2D eigenvalue weighted by molar-refractivity contribution is -0.131. The third-order valence-corrected chi connectivity index (χ3v) is 2.70. The average Bonchev–Trinajstić information content (AvgIpc) is 2.31. The summed E-state index contributed by atoms with van der Waals surface area (Å²) in [5.74, 6) is 2.29. The Labute approximate surface area is 103 Å². The van der Waals surface area contributed by atoms with E-state index in [-0.39, 0.29) is 12.3 Å². The lowest BCUT2D eigenvalue weighted by Gasteiger charge is -2.21. The van der Waals surface area contributed by atoms with Gasteiger partial charge in [-0.1, -0.05) is 24.3 Å². The Balaban J connectivity index is 2.67. The van der Waals surface area contributed by atoms with Gasteiger partial charge in [0.1, 0.15) is 0 Å². The largest absolute Gasteiger partial charge is 0.340 e. The Bertz CT molecular complexity index is 434. The highest BCUT2D eigenvalue weighted by atomic mass is 16.2. The Morgan fingerprint density at radius 1 is 1.53 bits per heavy atom. The summed E-state index contributed by atoms with van der Waals surface area (Å²) in [6.07, 6.45) is 5.42. The number of nitrogens with zero attached hydrogens (tertiary/aromatic N) is 1. The van der Waals surface area contributed by atoms with E-state index in [1.165, 1.54) is 0 Å². The molecule has 0 aliphatic rings. The number of carbonyl (C=O) groups is 1. The number of amides is 1. The molecule has 0 bridgehead atoms. The number of carbonyl (C=O) groups excluding carboxylic acids is 1. The van der Waals surface area contributed by atoms with Gasteiger partial charge < -0.3 is 10.6 Å². The highest BCUT2D eigenvalue weighted by Gasteiger charge is 2.17. The van der Waals surface area contributed by atoms with E-state index in [4.69, 9.17) is 12.2 Å². The van der Waals surface area contributed by atoms with Crippen LogP contribution < -0.4 is 5.73 Å². The van der Waals surface area contributed by atoms with E-state index in [1.807, 2.05) is 31.2 Å². The van der Waals surface area contributed by atoms with Gasteiger partial charge in [0.05, 0.1) is 6.04 Å². The number of hydrogen-bond donors (Lipinski definition) is 1. The fourth-order valence-electron chi connectivity index (χ4n) is 1.62. The van der Waals surface area contributed by atoms with Crippen LogP contribution in [0.15, 0.2) is 24.3 Å². The highest BCUT2D eigenvalue weighted by Crippen LogP contribution is 2.10. The van der Waals surface area contributed by atoms with Gasteiger partial charge in [-0.05, 0) is 18.1 Å². The molecule has 0 fully saturated rings. The predicted octanol–water partition coefficient (Wildman–Crippen LogP) is 1.30. The van der Waals surface area contributed by atoms with Crippen LogP contribution in [-0.4, -0.2) is 23.9 Å². The molecule has 2 N–H and O–H groups in total. The first kappa shape index (κ1) is 13.3. The second-order valence-corrected chi connectivity index (χ2v) is 4.14. The Morgan fingerprint density at radius 3 is 2.76 bits per heavy atom. The van der Waals surface area contributed by atoms with Gasteiger partial charge in [-0.15, -0.1) is 12.3 Å². The molecule has 1 rings (SSSR count). The monoisotopic (exact) mass is 230 g/mol. The van der Waals surface area contributed by atoms with Crippen molar-refractivity contribution >= 4 is 5.91 Å². The van der Waals surface area contributed by atoms with Gasteiger partial charge in [0.15, 0.2) is 0 Å². The maximum Gasteiger partial charge on any atom is 0.240 e. The van der Waals surface area contributed by atoms with Gasteiger partial charge >= 0.3 is 0 Å². The first-order chi connectivity index (χ1) is 8.06. The maximum atomic E-state index is 11.9. The molecule has 0 aliphatic carbocycles. The first-order valence-corrected chi connectivity index (χ1v) is 5.54. The van der Waals surface area contributed by atoms with Crippen molar-refractivity contribution in [3.8, 4) is 12.3 Å². The lowest BCUT2D eigenvalue weighted by Crippen LogP contribution is -2.41. The van der Waals surface area contributed by atoms with Gasteiger partial charge in [0.2, 0.25) is 5.91 Å². The summed E-state index contributed by atoms with van der Waals surface area (Å²) in [6.45, 7) is 2.58. The van der Waals surface area contributed by atoms with Crippen LogP contribution in [0.4, 0.5) is 0 Å². The maximum absolute atomic E-state index is 11.9. The Hall–Kier alpha value is -1.79. The zero-order valence-corrected chi connectivity index (χ0v) is 10.3. The van der Waals surface area contributed by atoms with Crippen LogP contribution >= 0.6 is 0 Å². The van der Waals surface area contributed by atoms with Gasteiger partial charge in [-0.2, -0.15) is 0 Å². The summed E-state index contributed by atoms with van der Waals surface area (Å²) in [5, 5.41) is 0. The van der Waals surface area contributed by atoms with Crippen LogP contribution in [0.1, 0.15) is 17.5 Å². The van der Waals surface area contributed by atoms with Crippen LogP contribution in [-0.2, 0) is 11.3 Å². The van der Waals surface area contributed by atoms with E-state index in [2.05, 4.69) is 5.92 Å². The standard InChI is InChI=1S/C14H18N2O/c1-4-7-13(15)14(17)16(3)10-12-9-6-5-8-11(12)2/h1,5-6,8-9,13H,7,10,15H2,2-3H3. The van der Waals surface area contributed by atoms with Crippen LogP contribution in [0.2, 0.25) is 0 Å². The molecule has 90 valence electrons. The van der Waals surface area contributed by atoms with Crippen LogP contribution in [0.3, 0.4) is 0 Å². The molecule has 1 atom stereocenters. The van der Waals surface area contributed by atoms with Crippen LogP contribution in [0.5, 0.6) is 0 Å². The quantitative estimate of drug-likeness (QED) is 0.793. The van der Waals surface area contributed by atoms with Gasteiger partial charge in [-0.3, -0.25) is 4.79 Å². The number of hydrogen-bond acceptors (Lipinski definition) is 2. The first-order valence-electron chi connectivity index (χ1n) is 5.54. The van der Waals surface area contributed by atoms with Gasteiger partial charge in [-0.25, -0.2) is 0 Å². The van der Waals surface area contributed by atoms with Crippen molar-refractivity contribution in [2.75, 3.05) is 7.05 Å². The molecule has 0 aromatic heterocycles. The summed E-state index contributed by atoms with van der Waals surface area (Å²) in [6, 6.07) is 7.36. The number of likely N-dealkylation sites (N-methyl/N-ethyl adjacent to an activating group) is 1. The molecule has 0 spiro atoms. The molecule has 0 saturated heterocycles. The van der Waals surface area contributed by atoms with E-state index in [0.29, 0.717) is 6.54 Å². The highest BCUT2D eigenvalue weighted by molar-refractivity contribution is 5.81. The minimum Gasteiger partial charge on any atom is -0.340 e. The van der Waals surface area contributed by atoms with Crippen LogP contribution in [0.25, 0.3) is 0 Å². The Morgan fingerprint density at radius 2 is 2.18 bits per heavy atom. The normalized spacial score (nSPS) is 11.6. The smallest absolute Gasteiger partial charge is 0.240 e. The second kappa shape index (κ2) is 6.07. The molecule has 0 heterocycles. The lowest BCUT2D eigenvalue weighted by atomic mass is 10.1. The van der Waals surface area contributed by atoms with E-state index in [0.717, 1.165) is 11.1 Å². The molecule has 0 aliphatic heterocycles. The van der Waals surface area contributed by atoms with Crippen molar-refractivity contribution in [2.45, 2.75) is 25.9 Å². The summed E-state index contributed by atoms with van der Waals surface area (Å²) in [7, 11) is 1.74. The van der Waals surface area contributed by atoms with Crippen molar-refractivity contribution in [2.24, 2.45) is 5.73 Å². The fraction of sp³-hybridized carbons (Fsp3) is 0.357. The molecule has 3 heteroatoms. The molecule has 1 aromatic carbocycles. The van der Waals surface area contributed by atoms with Crippen molar-refractivity contribution < 1.29 is 4.79 Å². The summed E-state index contributed by atoms with van der Waals surface area (Å²) in [4.78, 5) is 13.5. The molecule has 1 amide bonds. The third kappa shape index (κ3) is 3.61. The molecule has 0 radical (unpaired) electrons. The number of terminal acetylenes is 1. The van der Waals surface area contributed by atoms with E-state index in [1.54, 1.807) is 11.9 Å². The minimum atomic E-state index is -0.603. The van der Waals surface area contributed by atoms with E-state index < -0.39 is 6.04 Å². The SMILES string of the molecule is C#CCC(N)C(=O)N(C)Cc1ccccc1C. The minimum absolute atomic E-state index is 0.119. The molecule has 0 saturated carbocycles. The van der Waals surface area contributed by atoms with Gasteiger partial charge in [0.25, 0.3) is 0 Å². The molecular weight excluding hydrogens is 212 g/mol. The molecule has 1 aromatic rings. The summed E-state index contributed by atoms with van der Waals surface area (Å²) < 4.78 is 0. The number of benzene rings is 1. The fourth-order valence-corrected chi connectivity index (χ4v) is 1.62.